The van der Waals surface area contributed by atoms with E-state index in [9.17, 15) is 0 Å². The van der Waals surface area contributed by atoms with Gasteiger partial charge in [-0.1, -0.05) is 51.8 Å². The fourth-order valence-electron chi connectivity index (χ4n) is 0. The lowest BCUT2D eigenvalue weighted by molar-refractivity contribution is 1.58. The van der Waals surface area contributed by atoms with E-state index in [1.165, 1.54) is 4.43 Å². The molecule has 1 heteroatoms. The molecule has 6 heavy (non-hydrogen) atoms. The number of hydrogen-bond donors (Lipinski definition) is 0. The van der Waals surface area contributed by atoms with Gasteiger partial charge in [-0.2, -0.15) is 0 Å². The molecule has 0 aliphatic rings. The molecule has 0 aromatic carbocycles. The molecule has 0 fully saturated rings. The summed E-state index contributed by atoms with van der Waals surface area (Å²) >= 11 is 2.29. The fourth-order valence-corrected chi connectivity index (χ4v) is 0. The molecule has 0 radical (unpaired) electrons. The van der Waals surface area contributed by atoms with Gasteiger partial charge in [-0.15, -0.1) is 0 Å². The Kier molecular flexibility index (Phi) is 212. The molecular weight excluding hydrogens is 187 g/mol. The van der Waals surface area contributed by atoms with Crippen LogP contribution in [-0.4, -0.2) is 4.43 Å². The van der Waals surface area contributed by atoms with Crippen LogP contribution < -0.4 is 0 Å². The van der Waals surface area contributed by atoms with Crippen molar-refractivity contribution in [1.29, 1.82) is 0 Å². The normalized spacial score (nSPS) is 3.00. The van der Waals surface area contributed by atoms with Crippen molar-refractivity contribution in [2.45, 2.75) is 29.2 Å². The van der Waals surface area contributed by atoms with E-state index in [2.05, 4.69) is 29.5 Å². The molecule has 0 aromatic heterocycles. The second kappa shape index (κ2) is 42.8. The van der Waals surface area contributed by atoms with Gasteiger partial charge in [0.25, 0.3) is 0 Å². The first-order valence-corrected chi connectivity index (χ1v) is 2.50. The lowest BCUT2D eigenvalue weighted by atomic mass is 11.0. The Labute approximate surface area is 56.5 Å². The third-order valence-electron chi connectivity index (χ3n) is 0. The summed E-state index contributed by atoms with van der Waals surface area (Å²) in [4.78, 5) is 0. The average molecular weight is 204 g/mol. The van der Waals surface area contributed by atoms with Gasteiger partial charge in [0.05, 0.1) is 0 Å². The van der Waals surface area contributed by atoms with Crippen molar-refractivity contribution in [3.8, 4) is 0 Å². The molecule has 44 valence electrons. The quantitative estimate of drug-likeness (QED) is 0.419. The van der Waals surface area contributed by atoms with Crippen molar-refractivity contribution in [3.05, 3.63) is 0 Å². The molecule has 0 nitrogen and oxygen atoms in total. The van der Waals surface area contributed by atoms with E-state index in [1.807, 2.05) is 0 Å². The smallest absolute Gasteiger partial charge is 0.00332 e. The van der Waals surface area contributed by atoms with Crippen LogP contribution in [0.5, 0.6) is 0 Å². The molecule has 0 amide bonds. The minimum absolute atomic E-state index is 0. The maximum atomic E-state index is 2.29. The van der Waals surface area contributed by atoms with Crippen LogP contribution in [0.1, 0.15) is 29.2 Å². The van der Waals surface area contributed by atoms with E-state index >= 15 is 0 Å². The Morgan fingerprint density at radius 3 is 1.17 bits per heavy atom. The van der Waals surface area contributed by atoms with Gasteiger partial charge in [-0.3, -0.25) is 0 Å². The molecule has 0 saturated heterocycles. The van der Waals surface area contributed by atoms with Gasteiger partial charge >= 0.3 is 0 Å². The van der Waals surface area contributed by atoms with Gasteiger partial charge in [0, 0.05) is 0 Å². The predicted molar refractivity (Wildman–Crippen MR) is 44.8 cm³/mol. The van der Waals surface area contributed by atoms with Crippen LogP contribution in [0, 0.1) is 0 Å². The highest BCUT2D eigenvalue weighted by Crippen LogP contribution is 1.69. The maximum absolute atomic E-state index is 2.29. The van der Waals surface area contributed by atoms with Gasteiger partial charge in [-0.25, -0.2) is 0 Å². The van der Waals surface area contributed by atoms with Crippen molar-refractivity contribution in [2.24, 2.45) is 0 Å². The molecule has 0 bridgehead atoms. The number of halogens is 1. The molecule has 0 atom stereocenters. The van der Waals surface area contributed by atoms with Gasteiger partial charge in [0.2, 0.25) is 0 Å². The van der Waals surface area contributed by atoms with E-state index in [0.717, 1.165) is 0 Å². The molecule has 0 aliphatic heterocycles. The van der Waals surface area contributed by atoms with Gasteiger partial charge < -0.3 is 0 Å². The van der Waals surface area contributed by atoms with Gasteiger partial charge in [0.15, 0.2) is 0 Å². The first kappa shape index (κ1) is 29.6. The summed E-state index contributed by atoms with van der Waals surface area (Å²) < 4.78 is 1.22. The zero-order chi connectivity index (χ0) is 2.71. The first-order chi connectivity index (χ1) is 1.41. The predicted octanol–water partition coefficient (Wildman–Crippen LogP) is 3.35. The highest BCUT2D eigenvalue weighted by molar-refractivity contribution is 14.1. The Hall–Kier alpha value is 0.730. The van der Waals surface area contributed by atoms with E-state index in [4.69, 9.17) is 0 Å². The Balaban J connectivity index is -0.00000000667. The second-order valence-corrected chi connectivity index (χ2v) is 1.79. The summed E-state index contributed by atoms with van der Waals surface area (Å²) in [6.07, 6.45) is 0. The summed E-state index contributed by atoms with van der Waals surface area (Å²) in [5, 5.41) is 0. The second-order valence-electron chi connectivity index (χ2n) is 0.267. The molecule has 0 aliphatic carbocycles. The van der Waals surface area contributed by atoms with Crippen LogP contribution >= 0.6 is 22.6 Å². The summed E-state index contributed by atoms with van der Waals surface area (Å²) in [6.45, 7) is 2.11. The number of alkyl halides is 1. The first-order valence-electron chi connectivity index (χ1n) is 0.974. The summed E-state index contributed by atoms with van der Waals surface area (Å²) in [7, 11) is 0. The molecule has 0 aromatic rings. The summed E-state index contributed by atoms with van der Waals surface area (Å²) in [5.41, 5.74) is 0. The minimum atomic E-state index is 0. The van der Waals surface area contributed by atoms with E-state index < -0.39 is 0 Å². The lowest BCUT2D eigenvalue weighted by Gasteiger charge is -1.45. The molecule has 0 unspecified atom stereocenters. The van der Waals surface area contributed by atoms with Gasteiger partial charge in [0.1, 0.15) is 0 Å². The molecule has 0 heterocycles. The summed E-state index contributed by atoms with van der Waals surface area (Å²) in [5.74, 6) is 0. The van der Waals surface area contributed by atoms with Crippen LogP contribution in [0.3, 0.4) is 0 Å². The van der Waals surface area contributed by atoms with Crippen LogP contribution in [-0.2, 0) is 0 Å². The Bertz CT molecular complexity index is 3.90. The minimum Gasteiger partial charge on any atom is -0.0867 e. The topological polar surface area (TPSA) is 0 Å². The zero-order valence-corrected chi connectivity index (χ0v) is 4.24. The molecular formula is C5H17I. The highest BCUT2D eigenvalue weighted by atomic mass is 127. The highest BCUT2D eigenvalue weighted by Gasteiger charge is 1.38. The SMILES string of the molecule is C.C.C.CCI. The van der Waals surface area contributed by atoms with Crippen LogP contribution in [0.4, 0.5) is 0 Å². The monoisotopic (exact) mass is 204 g/mol. The molecule has 0 N–H and O–H groups in total. The standard InChI is InChI=1S/C2H5I.3CH4/c1-2-3;;;/h2H2,1H3;3*1H4. The van der Waals surface area contributed by atoms with E-state index in [-0.39, 0.29) is 22.3 Å². The molecule has 0 spiro atoms. The van der Waals surface area contributed by atoms with E-state index in [1.54, 1.807) is 0 Å². The third-order valence-corrected chi connectivity index (χ3v) is 0. The van der Waals surface area contributed by atoms with Crippen molar-refractivity contribution in [3.63, 3.8) is 0 Å². The number of hydrogen-bond acceptors (Lipinski definition) is 0. The van der Waals surface area contributed by atoms with Crippen LogP contribution in [0.2, 0.25) is 0 Å². The van der Waals surface area contributed by atoms with Crippen molar-refractivity contribution >= 4 is 22.6 Å². The third kappa shape index (κ3) is 123. The Morgan fingerprint density at radius 2 is 1.17 bits per heavy atom. The van der Waals surface area contributed by atoms with Gasteiger partial charge in [-0.05, 0) is 4.43 Å². The van der Waals surface area contributed by atoms with Crippen LogP contribution in [0.15, 0.2) is 0 Å². The molecule has 0 rings (SSSR count). The van der Waals surface area contributed by atoms with E-state index in [0.29, 0.717) is 0 Å². The average Bonchev–Trinajstić information content (AvgIpc) is 0.918. The van der Waals surface area contributed by atoms with Crippen molar-refractivity contribution in [2.75, 3.05) is 4.43 Å². The lowest BCUT2D eigenvalue weighted by Crippen LogP contribution is -1.33. The zero-order valence-electron chi connectivity index (χ0n) is 2.09. The van der Waals surface area contributed by atoms with Crippen LogP contribution in [0.25, 0.3) is 0 Å². The maximum Gasteiger partial charge on any atom is -0.00332 e. The van der Waals surface area contributed by atoms with Crippen molar-refractivity contribution in [1.82, 2.24) is 0 Å². The largest absolute Gasteiger partial charge is 0.0867 e. The fraction of sp³-hybridized carbons (Fsp3) is 1.00. The Morgan fingerprint density at radius 1 is 1.17 bits per heavy atom. The number of rotatable bonds is 0. The summed E-state index contributed by atoms with van der Waals surface area (Å²) in [6, 6.07) is 0. The van der Waals surface area contributed by atoms with Crippen molar-refractivity contribution < 1.29 is 0 Å². The molecule has 0 saturated carbocycles.